The molecular weight excluding hydrogens is 571 g/mol. The van der Waals surface area contributed by atoms with Gasteiger partial charge in [0.15, 0.2) is 0 Å². The van der Waals surface area contributed by atoms with Crippen molar-refractivity contribution in [2.45, 2.75) is 63.6 Å². The molecule has 1 atom stereocenters. The van der Waals surface area contributed by atoms with E-state index in [0.29, 0.717) is 43.4 Å². The largest absolute Gasteiger partial charge is 0.465 e. The topological polar surface area (TPSA) is 93.2 Å². The Balaban J connectivity index is 1.31. The Morgan fingerprint density at radius 1 is 1.18 bits per heavy atom. The number of hydrogen-bond donors (Lipinski definition) is 0. The highest BCUT2D eigenvalue weighted by molar-refractivity contribution is 9.10. The van der Waals surface area contributed by atoms with E-state index in [9.17, 15) is 23.6 Å². The average Bonchev–Trinajstić information content (AvgIpc) is 3.35. The van der Waals surface area contributed by atoms with Gasteiger partial charge in [0.05, 0.1) is 12.5 Å². The average molecular weight is 601 g/mol. The number of benzene rings is 2. The molecule has 39 heavy (non-hydrogen) atoms. The van der Waals surface area contributed by atoms with Gasteiger partial charge in [-0.2, -0.15) is 0 Å². The van der Waals surface area contributed by atoms with Crippen LogP contribution in [0.2, 0.25) is 0 Å². The molecule has 2 aromatic rings. The number of unbranched alkanes of at least 4 members (excludes halogenated alkanes) is 1. The molecule has 0 aromatic heterocycles. The van der Waals surface area contributed by atoms with Crippen LogP contribution in [0.3, 0.4) is 0 Å². The third-order valence-corrected chi connectivity index (χ3v) is 8.32. The predicted octanol–water partition coefficient (Wildman–Crippen LogP) is 4.86. The lowest BCUT2D eigenvalue weighted by Crippen LogP contribution is -2.53. The number of carbonyl (C=O) groups excluding carboxylic acids is 4. The number of nitrogens with zero attached hydrogens (tertiary/aromatic N) is 2. The molecule has 0 N–H and O–H groups in total. The van der Waals surface area contributed by atoms with E-state index in [1.807, 2.05) is 13.0 Å². The number of aryl methyl sites for hydroxylation is 1. The van der Waals surface area contributed by atoms with Crippen LogP contribution in [0.1, 0.15) is 55.7 Å². The first-order valence-corrected chi connectivity index (χ1v) is 14.1. The number of amides is 3. The van der Waals surface area contributed by atoms with Crippen LogP contribution in [0, 0.1) is 11.7 Å². The minimum Gasteiger partial charge on any atom is -0.465 e. The molecule has 10 heteroatoms. The minimum absolute atomic E-state index is 0.153. The molecule has 1 saturated heterocycles. The lowest BCUT2D eigenvalue weighted by molar-refractivity contribution is -0.157. The van der Waals surface area contributed by atoms with Gasteiger partial charge in [-0.3, -0.25) is 14.4 Å². The Morgan fingerprint density at radius 2 is 1.92 bits per heavy atom. The fourth-order valence-corrected chi connectivity index (χ4v) is 5.93. The number of rotatable bonds is 9. The van der Waals surface area contributed by atoms with Crippen molar-refractivity contribution in [3.8, 4) is 0 Å². The van der Waals surface area contributed by atoms with Gasteiger partial charge in [-0.25, -0.2) is 14.1 Å². The zero-order valence-electron chi connectivity index (χ0n) is 21.7. The summed E-state index contributed by atoms with van der Waals surface area (Å²) in [7, 11) is 0. The third-order valence-electron chi connectivity index (χ3n) is 7.83. The minimum atomic E-state index is -1.42. The van der Waals surface area contributed by atoms with Crippen molar-refractivity contribution >= 4 is 39.8 Å². The Bertz CT molecular complexity index is 1300. The van der Waals surface area contributed by atoms with E-state index in [-0.39, 0.29) is 24.5 Å². The number of hydrogen-bond acceptors (Lipinski definition) is 6. The van der Waals surface area contributed by atoms with Crippen molar-refractivity contribution in [2.75, 3.05) is 13.2 Å². The Labute approximate surface area is 234 Å². The quantitative estimate of drug-likeness (QED) is 0.301. The summed E-state index contributed by atoms with van der Waals surface area (Å²) in [5, 5.41) is 0. The molecule has 2 aromatic carbocycles. The molecule has 1 heterocycles. The van der Waals surface area contributed by atoms with Crippen LogP contribution in [0.5, 0.6) is 0 Å². The highest BCUT2D eigenvalue weighted by Crippen LogP contribution is 2.46. The van der Waals surface area contributed by atoms with Crippen LogP contribution in [0.25, 0.3) is 0 Å². The zero-order valence-corrected chi connectivity index (χ0v) is 23.2. The molecule has 1 unspecified atom stereocenters. The van der Waals surface area contributed by atoms with Crippen LogP contribution >= 0.6 is 15.9 Å². The van der Waals surface area contributed by atoms with E-state index in [4.69, 9.17) is 9.47 Å². The summed E-state index contributed by atoms with van der Waals surface area (Å²) in [4.78, 5) is 54.9. The van der Waals surface area contributed by atoms with Gasteiger partial charge in [0.25, 0.3) is 5.91 Å². The van der Waals surface area contributed by atoms with E-state index < -0.39 is 35.9 Å². The molecule has 8 nitrogen and oxygen atoms in total. The number of carbonyl (C=O) groups is 4. The first-order valence-electron chi connectivity index (χ1n) is 13.3. The van der Waals surface area contributed by atoms with Gasteiger partial charge in [0.1, 0.15) is 12.4 Å². The summed E-state index contributed by atoms with van der Waals surface area (Å²) in [5.74, 6) is -1.98. The van der Waals surface area contributed by atoms with E-state index in [1.54, 1.807) is 29.2 Å². The maximum atomic E-state index is 13.6. The number of esters is 1. The van der Waals surface area contributed by atoms with E-state index in [0.717, 1.165) is 27.8 Å². The first-order chi connectivity index (χ1) is 18.7. The number of ether oxygens (including phenoxy) is 2. The normalized spacial score (nSPS) is 23.4. The summed E-state index contributed by atoms with van der Waals surface area (Å²) in [6.45, 7) is 2.06. The summed E-state index contributed by atoms with van der Waals surface area (Å²) in [6.07, 6.45) is 2.59. The monoisotopic (exact) mass is 600 g/mol. The lowest BCUT2D eigenvalue weighted by atomic mass is 9.79. The van der Waals surface area contributed by atoms with Crippen LogP contribution in [0.15, 0.2) is 46.9 Å². The Hall–Kier alpha value is -3.27. The fourth-order valence-electron chi connectivity index (χ4n) is 5.52. The van der Waals surface area contributed by atoms with Crippen molar-refractivity contribution in [3.63, 3.8) is 0 Å². The van der Waals surface area contributed by atoms with Crippen molar-refractivity contribution in [1.29, 1.82) is 0 Å². The predicted molar refractivity (Wildman–Crippen MR) is 142 cm³/mol. The van der Waals surface area contributed by atoms with Crippen LogP contribution in [-0.2, 0) is 42.4 Å². The van der Waals surface area contributed by atoms with E-state index in [2.05, 4.69) is 15.9 Å². The maximum absolute atomic E-state index is 13.6. The molecule has 1 spiro atoms. The van der Waals surface area contributed by atoms with E-state index >= 15 is 0 Å². The molecule has 2 fully saturated rings. The van der Waals surface area contributed by atoms with Gasteiger partial charge in [0, 0.05) is 29.0 Å². The number of imide groups is 1. The van der Waals surface area contributed by atoms with Crippen LogP contribution in [-0.4, -0.2) is 52.9 Å². The molecule has 5 rings (SSSR count). The smallest absolute Gasteiger partial charge is 0.418 e. The molecule has 0 radical (unpaired) electrons. The lowest BCUT2D eigenvalue weighted by Gasteiger charge is -2.42. The second-order valence-corrected chi connectivity index (χ2v) is 11.3. The second-order valence-electron chi connectivity index (χ2n) is 10.4. The summed E-state index contributed by atoms with van der Waals surface area (Å²) >= 11 is 3.43. The van der Waals surface area contributed by atoms with Gasteiger partial charge in [-0.15, -0.1) is 0 Å². The summed E-state index contributed by atoms with van der Waals surface area (Å²) in [5.41, 5.74) is 0.841. The van der Waals surface area contributed by atoms with Crippen molar-refractivity contribution in [1.82, 2.24) is 9.80 Å². The van der Waals surface area contributed by atoms with Crippen molar-refractivity contribution in [2.24, 2.45) is 5.92 Å². The molecule has 3 aliphatic rings. The van der Waals surface area contributed by atoms with Crippen LogP contribution < -0.4 is 0 Å². The molecular formula is C29H30BrFN2O6. The zero-order chi connectivity index (χ0) is 27.7. The van der Waals surface area contributed by atoms with Gasteiger partial charge >= 0.3 is 12.1 Å². The molecule has 3 amide bonds. The summed E-state index contributed by atoms with van der Waals surface area (Å²) < 4.78 is 25.3. The molecule has 1 saturated carbocycles. The fraction of sp³-hybridized carbons (Fsp3) is 0.448. The summed E-state index contributed by atoms with van der Waals surface area (Å²) in [6, 6.07) is 11.0. The highest BCUT2D eigenvalue weighted by Gasteiger charge is 2.58. The maximum Gasteiger partial charge on any atom is 0.418 e. The van der Waals surface area contributed by atoms with Gasteiger partial charge < -0.3 is 14.4 Å². The van der Waals surface area contributed by atoms with Crippen molar-refractivity contribution < 1.29 is 33.0 Å². The Morgan fingerprint density at radius 3 is 2.64 bits per heavy atom. The van der Waals surface area contributed by atoms with E-state index in [1.165, 1.54) is 12.1 Å². The Kier molecular flexibility index (Phi) is 7.75. The molecule has 2 aliphatic carbocycles. The molecule has 206 valence electrons. The van der Waals surface area contributed by atoms with Crippen LogP contribution in [0.4, 0.5) is 9.18 Å². The van der Waals surface area contributed by atoms with Gasteiger partial charge in [0.2, 0.25) is 11.5 Å². The highest BCUT2D eigenvalue weighted by atomic mass is 79.9. The second kappa shape index (κ2) is 11.1. The van der Waals surface area contributed by atoms with Gasteiger partial charge in [-0.05, 0) is 61.1 Å². The third kappa shape index (κ3) is 5.31. The number of halogens is 2. The van der Waals surface area contributed by atoms with Gasteiger partial charge in [-0.1, -0.05) is 47.5 Å². The van der Waals surface area contributed by atoms with Crippen molar-refractivity contribution in [3.05, 3.63) is 69.4 Å². The molecule has 0 bridgehead atoms. The first kappa shape index (κ1) is 27.3. The SMILES string of the molecule is CCCCOC(=O)C1CC(N(Cc2ccc(F)cc2)C(=O)CN2C(=O)OC3(CCc4cc(Br)ccc43)C2=O)C1. The standard InChI is InChI=1S/C29H30BrFN2O6/c1-2-3-12-38-26(35)20-14-23(15-20)32(16-18-4-7-22(31)8-5-18)25(34)17-33-27(36)29(39-28(33)37)11-10-19-13-21(30)6-9-24(19)29/h4-9,13,20,23H,2-3,10-12,14-17H2,1H3. The molecule has 1 aliphatic heterocycles. The number of fused-ring (bicyclic) bond motifs is 2.